The number of urea groups is 1. The van der Waals surface area contributed by atoms with Crippen molar-refractivity contribution in [3.05, 3.63) is 42.7 Å². The molecule has 140 valence electrons. The Balaban J connectivity index is 1.52. The quantitative estimate of drug-likeness (QED) is 0.824. The number of benzene rings is 1. The Bertz CT molecular complexity index is 851. The van der Waals surface area contributed by atoms with E-state index in [0.717, 1.165) is 5.56 Å². The molecule has 0 unspecified atom stereocenters. The number of amides is 2. The van der Waals surface area contributed by atoms with Gasteiger partial charge in [0.25, 0.3) is 0 Å². The van der Waals surface area contributed by atoms with Gasteiger partial charge in [0.2, 0.25) is 10.0 Å². The fraction of sp³-hybridized carbons (Fsp3) is 0.353. The largest absolute Gasteiger partial charge is 0.464 e. The molecule has 2 heterocycles. The van der Waals surface area contributed by atoms with Crippen molar-refractivity contribution in [1.29, 1.82) is 0 Å². The van der Waals surface area contributed by atoms with Gasteiger partial charge in [0.15, 0.2) is 0 Å². The second-order valence-electron chi connectivity index (χ2n) is 6.01. The molecule has 1 atom stereocenters. The predicted molar refractivity (Wildman–Crippen MR) is 97.3 cm³/mol. The van der Waals surface area contributed by atoms with Gasteiger partial charge in [-0.25, -0.2) is 13.2 Å². The Hall–Kier alpha value is -2.36. The van der Waals surface area contributed by atoms with E-state index in [1.165, 1.54) is 10.6 Å². The van der Waals surface area contributed by atoms with E-state index in [2.05, 4.69) is 10.6 Å². The molecule has 3 rings (SSSR count). The number of rotatable bonds is 5. The monoisotopic (exact) mass is 379 g/mol. The summed E-state index contributed by atoms with van der Waals surface area (Å²) in [5.74, 6) is 0.713. The lowest BCUT2D eigenvalue weighted by atomic mass is 10.1. The maximum atomic E-state index is 12.1. The molecular weight excluding hydrogens is 358 g/mol. The van der Waals surface area contributed by atoms with Crippen molar-refractivity contribution in [2.24, 2.45) is 0 Å². The molecule has 1 aromatic carbocycles. The molecule has 1 aliphatic heterocycles. The number of carbonyl (C=O) groups excluding carboxylic acids is 1. The van der Waals surface area contributed by atoms with Gasteiger partial charge in [0.1, 0.15) is 5.76 Å². The Morgan fingerprint density at radius 1 is 1.31 bits per heavy atom. The first-order chi connectivity index (χ1) is 12.4. The fourth-order valence-electron chi connectivity index (χ4n) is 2.69. The zero-order valence-corrected chi connectivity index (χ0v) is 15.2. The summed E-state index contributed by atoms with van der Waals surface area (Å²) in [5, 5.41) is 5.45. The average molecular weight is 379 g/mol. The van der Waals surface area contributed by atoms with E-state index in [1.807, 2.05) is 18.2 Å². The highest BCUT2D eigenvalue weighted by atomic mass is 32.2. The van der Waals surface area contributed by atoms with E-state index in [9.17, 15) is 13.2 Å². The summed E-state index contributed by atoms with van der Waals surface area (Å²) in [6, 6.07) is 10.5. The summed E-state index contributed by atoms with van der Waals surface area (Å²) in [4.78, 5) is 12.1. The van der Waals surface area contributed by atoms with E-state index >= 15 is 0 Å². The summed E-state index contributed by atoms with van der Waals surface area (Å²) in [6.45, 7) is 1.09. The van der Waals surface area contributed by atoms with Gasteiger partial charge in [-0.3, -0.25) is 0 Å². The number of hydrogen-bond donors (Lipinski definition) is 2. The lowest BCUT2D eigenvalue weighted by molar-refractivity contribution is 0.00167. The van der Waals surface area contributed by atoms with Gasteiger partial charge in [-0.15, -0.1) is 0 Å². The zero-order valence-electron chi connectivity index (χ0n) is 14.3. The van der Waals surface area contributed by atoms with Crippen LogP contribution in [-0.4, -0.2) is 57.4 Å². The first-order valence-corrected chi connectivity index (χ1v) is 10.0. The summed E-state index contributed by atoms with van der Waals surface area (Å²) in [6.07, 6.45) is 2.38. The molecule has 8 nitrogen and oxygen atoms in total. The third-order valence-electron chi connectivity index (χ3n) is 3.99. The maximum absolute atomic E-state index is 12.1. The average Bonchev–Trinajstić information content (AvgIpc) is 3.14. The van der Waals surface area contributed by atoms with Crippen LogP contribution in [0.3, 0.4) is 0 Å². The molecular formula is C17H21N3O5S. The molecule has 0 saturated carbocycles. The number of anilines is 1. The minimum absolute atomic E-state index is 0.218. The van der Waals surface area contributed by atoms with Crippen LogP contribution in [0.4, 0.5) is 10.5 Å². The van der Waals surface area contributed by atoms with Crippen LogP contribution < -0.4 is 10.6 Å². The SMILES string of the molecule is CS(=O)(=O)N1CCO[C@H](CNC(=O)Nc2cccc(-c3ccco3)c2)C1. The smallest absolute Gasteiger partial charge is 0.319 e. The summed E-state index contributed by atoms with van der Waals surface area (Å²) in [7, 11) is -3.26. The van der Waals surface area contributed by atoms with Crippen LogP contribution in [0.2, 0.25) is 0 Å². The van der Waals surface area contributed by atoms with Crippen LogP contribution in [0, 0.1) is 0 Å². The lowest BCUT2D eigenvalue weighted by Crippen LogP contribution is -2.49. The van der Waals surface area contributed by atoms with Gasteiger partial charge >= 0.3 is 6.03 Å². The Kier molecular flexibility index (Phi) is 5.60. The number of morpholine rings is 1. The second kappa shape index (κ2) is 7.90. The van der Waals surface area contributed by atoms with Crippen LogP contribution in [0.5, 0.6) is 0 Å². The minimum Gasteiger partial charge on any atom is -0.464 e. The molecule has 0 bridgehead atoms. The van der Waals surface area contributed by atoms with E-state index < -0.39 is 10.0 Å². The van der Waals surface area contributed by atoms with Gasteiger partial charge < -0.3 is 19.8 Å². The normalized spacial score (nSPS) is 18.4. The number of nitrogens with zero attached hydrogens (tertiary/aromatic N) is 1. The number of ether oxygens (including phenoxy) is 1. The van der Waals surface area contributed by atoms with Crippen LogP contribution in [-0.2, 0) is 14.8 Å². The number of furan rings is 1. The zero-order chi connectivity index (χ0) is 18.6. The highest BCUT2D eigenvalue weighted by Crippen LogP contribution is 2.22. The molecule has 1 saturated heterocycles. The fourth-order valence-corrected chi connectivity index (χ4v) is 3.54. The van der Waals surface area contributed by atoms with Crippen LogP contribution in [0.25, 0.3) is 11.3 Å². The summed E-state index contributed by atoms with van der Waals surface area (Å²) in [5.41, 5.74) is 1.48. The van der Waals surface area contributed by atoms with Crippen LogP contribution in [0.1, 0.15) is 0 Å². The first kappa shape index (κ1) is 18.4. The van der Waals surface area contributed by atoms with Gasteiger partial charge in [-0.05, 0) is 24.3 Å². The number of nitrogens with one attached hydrogen (secondary N) is 2. The van der Waals surface area contributed by atoms with Crippen molar-refractivity contribution in [1.82, 2.24) is 9.62 Å². The van der Waals surface area contributed by atoms with E-state index in [1.54, 1.807) is 24.5 Å². The molecule has 26 heavy (non-hydrogen) atoms. The number of sulfonamides is 1. The van der Waals surface area contributed by atoms with Gasteiger partial charge in [-0.1, -0.05) is 12.1 Å². The van der Waals surface area contributed by atoms with E-state index in [4.69, 9.17) is 9.15 Å². The van der Waals surface area contributed by atoms with Crippen molar-refractivity contribution in [3.8, 4) is 11.3 Å². The van der Waals surface area contributed by atoms with Crippen molar-refractivity contribution in [2.75, 3.05) is 37.8 Å². The van der Waals surface area contributed by atoms with Crippen LogP contribution >= 0.6 is 0 Å². The second-order valence-corrected chi connectivity index (χ2v) is 7.99. The van der Waals surface area contributed by atoms with Crippen molar-refractivity contribution in [2.45, 2.75) is 6.10 Å². The highest BCUT2D eigenvalue weighted by molar-refractivity contribution is 7.88. The van der Waals surface area contributed by atoms with Crippen molar-refractivity contribution < 1.29 is 22.4 Å². The molecule has 1 fully saturated rings. The molecule has 9 heteroatoms. The molecule has 1 aromatic heterocycles. The third kappa shape index (κ3) is 4.84. The minimum atomic E-state index is -3.26. The molecule has 1 aliphatic rings. The van der Waals surface area contributed by atoms with Gasteiger partial charge in [-0.2, -0.15) is 4.31 Å². The Morgan fingerprint density at radius 2 is 2.15 bits per heavy atom. The molecule has 2 aromatic rings. The van der Waals surface area contributed by atoms with Crippen molar-refractivity contribution in [3.63, 3.8) is 0 Å². The predicted octanol–water partition coefficient (Wildman–Crippen LogP) is 1.73. The Labute approximate surface area is 152 Å². The van der Waals surface area contributed by atoms with Gasteiger partial charge in [0, 0.05) is 30.9 Å². The summed E-state index contributed by atoms with van der Waals surface area (Å²) < 4.78 is 35.4. The molecule has 2 amide bonds. The number of carbonyl (C=O) groups is 1. The van der Waals surface area contributed by atoms with E-state index in [0.29, 0.717) is 24.6 Å². The molecule has 0 spiro atoms. The highest BCUT2D eigenvalue weighted by Gasteiger charge is 2.26. The van der Waals surface area contributed by atoms with Crippen LogP contribution in [0.15, 0.2) is 47.1 Å². The molecule has 2 N–H and O–H groups in total. The summed E-state index contributed by atoms with van der Waals surface area (Å²) >= 11 is 0. The number of hydrogen-bond acceptors (Lipinski definition) is 5. The Morgan fingerprint density at radius 3 is 2.88 bits per heavy atom. The maximum Gasteiger partial charge on any atom is 0.319 e. The van der Waals surface area contributed by atoms with E-state index in [-0.39, 0.29) is 25.2 Å². The topological polar surface area (TPSA) is 101 Å². The standard InChI is InChI=1S/C17H21N3O5S/c1-26(22,23)20-7-9-24-15(12-20)11-18-17(21)19-14-5-2-4-13(10-14)16-6-3-8-25-16/h2-6,8,10,15H,7,9,11-12H2,1H3,(H2,18,19,21)/t15-/m1/s1. The molecule has 0 aliphatic carbocycles. The molecule has 0 radical (unpaired) electrons. The first-order valence-electron chi connectivity index (χ1n) is 8.17. The van der Waals surface area contributed by atoms with Crippen molar-refractivity contribution >= 4 is 21.7 Å². The lowest BCUT2D eigenvalue weighted by Gasteiger charge is -2.31. The third-order valence-corrected chi connectivity index (χ3v) is 5.26. The van der Waals surface area contributed by atoms with Gasteiger partial charge in [0.05, 0.1) is 25.2 Å².